The molecule has 16 heavy (non-hydrogen) atoms. The monoisotopic (exact) mass is 240 g/mol. The van der Waals surface area contributed by atoms with E-state index < -0.39 is 5.91 Å². The Morgan fingerprint density at radius 2 is 2.25 bits per heavy atom. The van der Waals surface area contributed by atoms with Crippen LogP contribution in [0.2, 0.25) is 0 Å². The molecule has 0 bridgehead atoms. The average Bonchev–Trinajstić information content (AvgIpc) is 2.24. The molecule has 0 radical (unpaired) electrons. The molecule has 0 atom stereocenters. The van der Waals surface area contributed by atoms with E-state index in [2.05, 4.69) is 0 Å². The van der Waals surface area contributed by atoms with Crippen molar-refractivity contribution in [3.05, 3.63) is 23.8 Å². The number of amides is 1. The number of carbonyl (C=O) groups excluding carboxylic acids is 1. The van der Waals surface area contributed by atoms with Gasteiger partial charge in [-0.1, -0.05) is 0 Å². The van der Waals surface area contributed by atoms with Crippen LogP contribution in [0.3, 0.4) is 0 Å². The van der Waals surface area contributed by atoms with E-state index >= 15 is 0 Å². The molecule has 88 valence electrons. The molecular formula is C11H16N2O2S. The lowest BCUT2D eigenvalue weighted by Gasteiger charge is -2.07. The number of carbonyl (C=O) groups is 1. The number of methoxy groups -OCH3 is 1. The largest absolute Gasteiger partial charge is 0.399 e. The third-order valence-corrected chi connectivity index (χ3v) is 3.16. The molecule has 0 fully saturated rings. The van der Waals surface area contributed by atoms with E-state index in [0.717, 1.165) is 17.1 Å². The van der Waals surface area contributed by atoms with E-state index in [4.69, 9.17) is 16.2 Å². The predicted octanol–water partition coefficient (Wildman–Crippen LogP) is 1.50. The van der Waals surface area contributed by atoms with Crippen LogP contribution in [0, 0.1) is 0 Å². The Kier molecular flexibility index (Phi) is 5.14. The summed E-state index contributed by atoms with van der Waals surface area (Å²) in [6.45, 7) is 0.710. The van der Waals surface area contributed by atoms with Gasteiger partial charge in [0.15, 0.2) is 0 Å². The molecule has 0 saturated heterocycles. The fourth-order valence-corrected chi connectivity index (χ4v) is 2.27. The second-order valence-corrected chi connectivity index (χ2v) is 4.45. The molecule has 0 unspecified atom stereocenters. The number of rotatable bonds is 6. The molecule has 1 aromatic carbocycles. The first-order valence-corrected chi connectivity index (χ1v) is 5.94. The van der Waals surface area contributed by atoms with Crippen LogP contribution in [0.4, 0.5) is 5.69 Å². The third kappa shape index (κ3) is 3.75. The van der Waals surface area contributed by atoms with E-state index in [1.165, 1.54) is 0 Å². The van der Waals surface area contributed by atoms with Crippen molar-refractivity contribution in [2.45, 2.75) is 11.3 Å². The van der Waals surface area contributed by atoms with Crippen molar-refractivity contribution in [1.82, 2.24) is 0 Å². The zero-order valence-electron chi connectivity index (χ0n) is 9.23. The molecule has 0 heterocycles. The number of anilines is 1. The number of hydrogen-bond donors (Lipinski definition) is 2. The van der Waals surface area contributed by atoms with Gasteiger partial charge in [-0.05, 0) is 24.6 Å². The highest BCUT2D eigenvalue weighted by Gasteiger charge is 2.08. The van der Waals surface area contributed by atoms with Gasteiger partial charge >= 0.3 is 0 Å². The minimum absolute atomic E-state index is 0.422. The summed E-state index contributed by atoms with van der Waals surface area (Å²) in [4.78, 5) is 12.0. The number of hydrogen-bond acceptors (Lipinski definition) is 4. The molecule has 1 amide bonds. The molecule has 0 aromatic heterocycles. The van der Waals surface area contributed by atoms with Gasteiger partial charge in [0.05, 0.1) is 5.56 Å². The fraction of sp³-hybridized carbons (Fsp3) is 0.364. The Labute approximate surface area is 99.3 Å². The lowest BCUT2D eigenvalue weighted by molar-refractivity contribution is 0.0997. The Hall–Kier alpha value is -1.20. The van der Waals surface area contributed by atoms with Crippen LogP contribution in [0.5, 0.6) is 0 Å². The van der Waals surface area contributed by atoms with Crippen molar-refractivity contribution in [2.24, 2.45) is 5.73 Å². The standard InChI is InChI=1S/C11H16N2O2S/c1-15-5-2-6-16-10-7-8(12)3-4-9(10)11(13)14/h3-4,7H,2,5-6,12H2,1H3,(H2,13,14). The van der Waals surface area contributed by atoms with Crippen molar-refractivity contribution >= 4 is 23.4 Å². The van der Waals surface area contributed by atoms with Crippen LogP contribution in [0.25, 0.3) is 0 Å². The minimum atomic E-state index is -0.422. The van der Waals surface area contributed by atoms with Gasteiger partial charge in [0.25, 0.3) is 0 Å². The summed E-state index contributed by atoms with van der Waals surface area (Å²) in [6, 6.07) is 5.12. The second-order valence-electron chi connectivity index (χ2n) is 3.31. The molecule has 0 saturated carbocycles. The van der Waals surface area contributed by atoms with Crippen LogP contribution in [-0.2, 0) is 4.74 Å². The van der Waals surface area contributed by atoms with Crippen molar-refractivity contribution in [3.8, 4) is 0 Å². The Bertz CT molecular complexity index is 369. The first kappa shape index (κ1) is 12.9. The number of ether oxygens (including phenoxy) is 1. The minimum Gasteiger partial charge on any atom is -0.399 e. The third-order valence-electron chi connectivity index (χ3n) is 2.02. The number of benzene rings is 1. The molecule has 1 aromatic rings. The quantitative estimate of drug-likeness (QED) is 0.448. The molecule has 1 rings (SSSR count). The molecule has 4 N–H and O–H groups in total. The molecule has 5 heteroatoms. The van der Waals surface area contributed by atoms with E-state index in [1.807, 2.05) is 0 Å². The zero-order valence-corrected chi connectivity index (χ0v) is 10.0. The van der Waals surface area contributed by atoms with Crippen LogP contribution < -0.4 is 11.5 Å². The maximum absolute atomic E-state index is 11.2. The van der Waals surface area contributed by atoms with Crippen LogP contribution in [-0.4, -0.2) is 25.4 Å². The van der Waals surface area contributed by atoms with Gasteiger partial charge in [-0.15, -0.1) is 11.8 Å². The normalized spacial score (nSPS) is 10.3. The van der Waals surface area contributed by atoms with Gasteiger partial charge in [0.1, 0.15) is 0 Å². The molecule has 0 aliphatic heterocycles. The van der Waals surface area contributed by atoms with Gasteiger partial charge in [0.2, 0.25) is 5.91 Å². The lowest BCUT2D eigenvalue weighted by atomic mass is 10.2. The van der Waals surface area contributed by atoms with Crippen LogP contribution in [0.15, 0.2) is 23.1 Å². The van der Waals surface area contributed by atoms with E-state index in [9.17, 15) is 4.79 Å². The van der Waals surface area contributed by atoms with E-state index in [-0.39, 0.29) is 0 Å². The molecule has 4 nitrogen and oxygen atoms in total. The molecule has 0 spiro atoms. The predicted molar refractivity (Wildman–Crippen MR) is 66.6 cm³/mol. The highest BCUT2D eigenvalue weighted by atomic mass is 32.2. The Morgan fingerprint density at radius 3 is 2.88 bits per heavy atom. The highest BCUT2D eigenvalue weighted by Crippen LogP contribution is 2.25. The van der Waals surface area contributed by atoms with Crippen molar-refractivity contribution in [1.29, 1.82) is 0 Å². The van der Waals surface area contributed by atoms with Gasteiger partial charge in [0, 0.05) is 30.1 Å². The number of primary amides is 1. The molecule has 0 aliphatic carbocycles. The number of thioether (sulfide) groups is 1. The van der Waals surface area contributed by atoms with Gasteiger partial charge in [-0.2, -0.15) is 0 Å². The highest BCUT2D eigenvalue weighted by molar-refractivity contribution is 7.99. The summed E-state index contributed by atoms with van der Waals surface area (Å²) < 4.78 is 4.95. The SMILES string of the molecule is COCCCSc1cc(N)ccc1C(N)=O. The smallest absolute Gasteiger partial charge is 0.249 e. The van der Waals surface area contributed by atoms with Gasteiger partial charge in [-0.3, -0.25) is 4.79 Å². The summed E-state index contributed by atoms with van der Waals surface area (Å²) in [5.74, 6) is 0.451. The molecule has 0 aliphatic rings. The maximum atomic E-state index is 11.2. The van der Waals surface area contributed by atoms with Crippen molar-refractivity contribution in [2.75, 3.05) is 25.2 Å². The number of nitrogens with two attached hydrogens (primary N) is 2. The molecular weight excluding hydrogens is 224 g/mol. The average molecular weight is 240 g/mol. The van der Waals surface area contributed by atoms with Crippen molar-refractivity contribution < 1.29 is 9.53 Å². The van der Waals surface area contributed by atoms with Gasteiger partial charge in [-0.25, -0.2) is 0 Å². The summed E-state index contributed by atoms with van der Waals surface area (Å²) in [7, 11) is 1.67. The first-order chi connectivity index (χ1) is 7.65. The van der Waals surface area contributed by atoms with E-state index in [0.29, 0.717) is 17.9 Å². The van der Waals surface area contributed by atoms with Gasteiger partial charge < -0.3 is 16.2 Å². The lowest BCUT2D eigenvalue weighted by Crippen LogP contribution is -2.12. The summed E-state index contributed by atoms with van der Waals surface area (Å²) in [5.41, 5.74) is 12.1. The zero-order chi connectivity index (χ0) is 12.0. The first-order valence-electron chi connectivity index (χ1n) is 4.96. The summed E-state index contributed by atoms with van der Waals surface area (Å²) in [5, 5.41) is 0. The number of nitrogen functional groups attached to an aromatic ring is 1. The van der Waals surface area contributed by atoms with Crippen LogP contribution in [0.1, 0.15) is 16.8 Å². The van der Waals surface area contributed by atoms with Crippen molar-refractivity contribution in [3.63, 3.8) is 0 Å². The Morgan fingerprint density at radius 1 is 1.50 bits per heavy atom. The summed E-state index contributed by atoms with van der Waals surface area (Å²) >= 11 is 1.57. The fourth-order valence-electron chi connectivity index (χ4n) is 1.25. The van der Waals surface area contributed by atoms with Crippen LogP contribution >= 0.6 is 11.8 Å². The topological polar surface area (TPSA) is 78.3 Å². The summed E-state index contributed by atoms with van der Waals surface area (Å²) in [6.07, 6.45) is 0.925. The van der Waals surface area contributed by atoms with E-state index in [1.54, 1.807) is 37.1 Å². The second kappa shape index (κ2) is 6.40. The Balaban J connectivity index is 2.68. The maximum Gasteiger partial charge on any atom is 0.249 e.